The number of aliphatic imine (C=N–C) groups is 1. The molecule has 1 aliphatic carbocycles. The molecular weight excluding hydrogens is 184 g/mol. The van der Waals surface area contributed by atoms with E-state index in [1.807, 2.05) is 12.1 Å². The van der Waals surface area contributed by atoms with Gasteiger partial charge >= 0.3 is 0 Å². The lowest BCUT2D eigenvalue weighted by Crippen LogP contribution is -1.86. The molecule has 1 aliphatic rings. The number of allylic oxidation sites excluding steroid dienone is 3. The van der Waals surface area contributed by atoms with E-state index < -0.39 is 0 Å². The van der Waals surface area contributed by atoms with Gasteiger partial charge in [-0.25, -0.2) is 0 Å². The fourth-order valence-electron chi connectivity index (χ4n) is 1.68. The Morgan fingerprint density at radius 2 is 2.27 bits per heavy atom. The molecule has 15 heavy (non-hydrogen) atoms. The van der Waals surface area contributed by atoms with Crippen LogP contribution in [0.25, 0.3) is 5.70 Å². The van der Waals surface area contributed by atoms with Gasteiger partial charge in [-0.15, -0.1) is 0 Å². The van der Waals surface area contributed by atoms with Crippen LogP contribution in [0.1, 0.15) is 11.3 Å². The third kappa shape index (κ3) is 1.66. The standard InChI is InChI=1S/C13H12N2/c1-3-7-14-12-10(4-2)9-11-6-5-8-15-13(11)12/h3-8H,1-2,9H2. The first-order chi connectivity index (χ1) is 7.36. The summed E-state index contributed by atoms with van der Waals surface area (Å²) in [5.74, 6) is 0. The van der Waals surface area contributed by atoms with E-state index in [0.29, 0.717) is 0 Å². The number of rotatable bonds is 3. The minimum Gasteiger partial charge on any atom is -0.254 e. The predicted molar refractivity (Wildman–Crippen MR) is 63.7 cm³/mol. The molecule has 0 N–H and O–H groups in total. The van der Waals surface area contributed by atoms with Crippen molar-refractivity contribution in [3.05, 3.63) is 60.5 Å². The molecule has 0 radical (unpaired) electrons. The Hall–Kier alpha value is -1.96. The van der Waals surface area contributed by atoms with Crippen LogP contribution >= 0.6 is 0 Å². The highest BCUT2D eigenvalue weighted by atomic mass is 14.8. The second-order valence-corrected chi connectivity index (χ2v) is 3.28. The van der Waals surface area contributed by atoms with Crippen molar-refractivity contribution in [2.45, 2.75) is 6.42 Å². The Bertz CT molecular complexity index is 467. The van der Waals surface area contributed by atoms with Gasteiger partial charge in [0.2, 0.25) is 0 Å². The van der Waals surface area contributed by atoms with Gasteiger partial charge in [0.05, 0.1) is 11.4 Å². The van der Waals surface area contributed by atoms with Crippen LogP contribution in [0.5, 0.6) is 0 Å². The van der Waals surface area contributed by atoms with Gasteiger partial charge in [0.15, 0.2) is 0 Å². The molecule has 0 amide bonds. The van der Waals surface area contributed by atoms with Crippen molar-refractivity contribution in [1.82, 2.24) is 4.98 Å². The summed E-state index contributed by atoms with van der Waals surface area (Å²) < 4.78 is 0. The highest BCUT2D eigenvalue weighted by molar-refractivity contribution is 5.83. The fraction of sp³-hybridized carbons (Fsp3) is 0.0769. The van der Waals surface area contributed by atoms with Gasteiger partial charge in [0, 0.05) is 18.8 Å². The van der Waals surface area contributed by atoms with Gasteiger partial charge in [-0.1, -0.05) is 31.4 Å². The monoisotopic (exact) mass is 196 g/mol. The number of aromatic nitrogens is 1. The van der Waals surface area contributed by atoms with Crippen LogP contribution in [0, 0.1) is 0 Å². The molecule has 1 heterocycles. The summed E-state index contributed by atoms with van der Waals surface area (Å²) in [6, 6.07) is 4.02. The van der Waals surface area contributed by atoms with Crippen LogP contribution < -0.4 is 0 Å². The number of nitrogens with zero attached hydrogens (tertiary/aromatic N) is 2. The van der Waals surface area contributed by atoms with Crippen molar-refractivity contribution in [3.63, 3.8) is 0 Å². The summed E-state index contributed by atoms with van der Waals surface area (Å²) in [6.07, 6.45) is 7.85. The van der Waals surface area contributed by atoms with E-state index in [9.17, 15) is 0 Å². The van der Waals surface area contributed by atoms with Crippen molar-refractivity contribution < 1.29 is 0 Å². The summed E-state index contributed by atoms with van der Waals surface area (Å²) >= 11 is 0. The largest absolute Gasteiger partial charge is 0.254 e. The van der Waals surface area contributed by atoms with E-state index in [-0.39, 0.29) is 0 Å². The summed E-state index contributed by atoms with van der Waals surface area (Å²) in [5.41, 5.74) is 4.22. The zero-order valence-corrected chi connectivity index (χ0v) is 8.48. The smallest absolute Gasteiger partial charge is 0.0924 e. The van der Waals surface area contributed by atoms with Crippen molar-refractivity contribution >= 4 is 11.9 Å². The van der Waals surface area contributed by atoms with Crippen LogP contribution in [-0.4, -0.2) is 11.2 Å². The molecule has 0 aromatic carbocycles. The highest BCUT2D eigenvalue weighted by Crippen LogP contribution is 2.32. The van der Waals surface area contributed by atoms with Crippen molar-refractivity contribution in [2.75, 3.05) is 0 Å². The maximum atomic E-state index is 4.34. The normalized spacial score (nSPS) is 14.4. The van der Waals surface area contributed by atoms with Crippen molar-refractivity contribution in [2.24, 2.45) is 4.99 Å². The van der Waals surface area contributed by atoms with Crippen molar-refractivity contribution in [1.29, 1.82) is 0 Å². The molecule has 0 spiro atoms. The van der Waals surface area contributed by atoms with Crippen LogP contribution in [0.15, 0.2) is 54.2 Å². The van der Waals surface area contributed by atoms with Crippen LogP contribution in [-0.2, 0) is 6.42 Å². The lowest BCUT2D eigenvalue weighted by Gasteiger charge is -1.97. The quantitative estimate of drug-likeness (QED) is 0.682. The molecule has 2 rings (SSSR count). The first-order valence-corrected chi connectivity index (χ1v) is 4.81. The van der Waals surface area contributed by atoms with E-state index in [0.717, 1.165) is 23.4 Å². The minimum absolute atomic E-state index is 0.872. The molecule has 2 heteroatoms. The second kappa shape index (κ2) is 4.05. The average molecular weight is 196 g/mol. The van der Waals surface area contributed by atoms with E-state index in [4.69, 9.17) is 0 Å². The summed E-state index contributed by atoms with van der Waals surface area (Å²) in [7, 11) is 0. The number of hydrogen-bond acceptors (Lipinski definition) is 2. The second-order valence-electron chi connectivity index (χ2n) is 3.28. The third-order valence-corrected chi connectivity index (χ3v) is 2.36. The Kier molecular flexibility index (Phi) is 2.59. The Balaban J connectivity index is 2.50. The summed E-state index contributed by atoms with van der Waals surface area (Å²) in [6.45, 7) is 7.41. The maximum absolute atomic E-state index is 4.34. The molecule has 0 fully saturated rings. The van der Waals surface area contributed by atoms with E-state index in [1.165, 1.54) is 5.56 Å². The van der Waals surface area contributed by atoms with E-state index in [2.05, 4.69) is 29.2 Å². The topological polar surface area (TPSA) is 25.2 Å². The van der Waals surface area contributed by atoms with Gasteiger partial charge in [-0.05, 0) is 17.2 Å². The lowest BCUT2D eigenvalue weighted by atomic mass is 10.2. The molecular formula is C13H12N2. The number of fused-ring (bicyclic) bond motifs is 1. The maximum Gasteiger partial charge on any atom is 0.0924 e. The summed E-state index contributed by atoms with van der Waals surface area (Å²) in [4.78, 5) is 8.68. The van der Waals surface area contributed by atoms with Gasteiger partial charge in [0.1, 0.15) is 0 Å². The average Bonchev–Trinajstić information content (AvgIpc) is 2.64. The molecule has 0 bridgehead atoms. The Morgan fingerprint density at radius 3 is 3.00 bits per heavy atom. The number of pyridine rings is 1. The van der Waals surface area contributed by atoms with Crippen LogP contribution in [0.4, 0.5) is 0 Å². The van der Waals surface area contributed by atoms with Gasteiger partial charge < -0.3 is 0 Å². The first kappa shape index (κ1) is 9.59. The molecule has 0 atom stereocenters. The summed E-state index contributed by atoms with van der Waals surface area (Å²) in [5, 5.41) is 0. The van der Waals surface area contributed by atoms with E-state index >= 15 is 0 Å². The van der Waals surface area contributed by atoms with Crippen molar-refractivity contribution in [3.8, 4) is 0 Å². The molecule has 0 saturated heterocycles. The van der Waals surface area contributed by atoms with Crippen LogP contribution in [0.2, 0.25) is 0 Å². The highest BCUT2D eigenvalue weighted by Gasteiger charge is 2.19. The third-order valence-electron chi connectivity index (χ3n) is 2.36. The fourth-order valence-corrected chi connectivity index (χ4v) is 1.68. The minimum atomic E-state index is 0.872. The number of hydrogen-bond donors (Lipinski definition) is 0. The first-order valence-electron chi connectivity index (χ1n) is 4.81. The molecule has 0 saturated carbocycles. The molecule has 2 nitrogen and oxygen atoms in total. The zero-order chi connectivity index (χ0) is 10.7. The Morgan fingerprint density at radius 1 is 1.40 bits per heavy atom. The zero-order valence-electron chi connectivity index (χ0n) is 8.48. The molecule has 0 unspecified atom stereocenters. The molecule has 74 valence electrons. The van der Waals surface area contributed by atoms with E-state index in [1.54, 1.807) is 18.5 Å². The van der Waals surface area contributed by atoms with Crippen LogP contribution in [0.3, 0.4) is 0 Å². The lowest BCUT2D eigenvalue weighted by molar-refractivity contribution is 1.18. The SMILES string of the molecule is C=CC=NC1=C(C=C)Cc2cccnc21. The van der Waals surface area contributed by atoms with Gasteiger partial charge in [0.25, 0.3) is 0 Å². The Labute approximate surface area is 89.4 Å². The van der Waals surface area contributed by atoms with Gasteiger partial charge in [-0.3, -0.25) is 9.98 Å². The molecule has 1 aromatic rings. The predicted octanol–water partition coefficient (Wildman–Crippen LogP) is 2.79. The molecule has 0 aliphatic heterocycles. The molecule has 1 aromatic heterocycles. The van der Waals surface area contributed by atoms with Gasteiger partial charge in [-0.2, -0.15) is 0 Å².